The molecule has 1 aliphatic rings. The van der Waals surface area contributed by atoms with Crippen LogP contribution < -0.4 is 5.32 Å². The Labute approximate surface area is 203 Å². The number of nitrogens with one attached hydrogen (secondary N) is 1. The van der Waals surface area contributed by atoms with E-state index in [1.165, 1.54) is 43.2 Å². The van der Waals surface area contributed by atoms with E-state index in [0.29, 0.717) is 13.0 Å². The minimum atomic E-state index is -0.916. The first-order chi connectivity index (χ1) is 16.1. The number of carboxylic acid groups (broad SMARTS) is 1. The summed E-state index contributed by atoms with van der Waals surface area (Å²) in [6, 6.07) is 18.8. The van der Waals surface area contributed by atoms with Crippen LogP contribution in [-0.2, 0) is 22.4 Å². The van der Waals surface area contributed by atoms with Crippen LogP contribution >= 0.6 is 12.2 Å². The van der Waals surface area contributed by atoms with Crippen molar-refractivity contribution in [3.63, 3.8) is 0 Å². The molecule has 0 heterocycles. The fraction of sp³-hybridized carbons (Fsp3) is 0.500. The Balaban J connectivity index is 1.59. The zero-order valence-corrected chi connectivity index (χ0v) is 20.5. The Morgan fingerprint density at radius 1 is 1.06 bits per heavy atom. The highest BCUT2D eigenvalue weighted by atomic mass is 32.1. The summed E-state index contributed by atoms with van der Waals surface area (Å²) in [6.45, 7) is 3.20. The maximum Gasteiger partial charge on any atom is 0.333 e. The van der Waals surface area contributed by atoms with Crippen molar-refractivity contribution in [1.82, 2.24) is 5.32 Å². The van der Waals surface area contributed by atoms with Crippen LogP contribution in [0.2, 0.25) is 0 Å². The van der Waals surface area contributed by atoms with Gasteiger partial charge in [0.15, 0.2) is 6.10 Å². The van der Waals surface area contributed by atoms with Gasteiger partial charge in [-0.2, -0.15) is 0 Å². The van der Waals surface area contributed by atoms with Crippen molar-refractivity contribution in [3.8, 4) is 0 Å². The number of aliphatic carboxylic acids is 1. The molecule has 1 unspecified atom stereocenters. The van der Waals surface area contributed by atoms with Gasteiger partial charge >= 0.3 is 5.97 Å². The van der Waals surface area contributed by atoms with Crippen molar-refractivity contribution in [2.45, 2.75) is 70.3 Å². The van der Waals surface area contributed by atoms with E-state index in [-0.39, 0.29) is 5.92 Å². The molecular formula is C28H37NO3S. The fourth-order valence-electron chi connectivity index (χ4n) is 4.68. The molecule has 178 valence electrons. The van der Waals surface area contributed by atoms with E-state index in [4.69, 9.17) is 17.0 Å². The second-order valence-electron chi connectivity index (χ2n) is 9.05. The molecule has 1 aliphatic carbocycles. The summed E-state index contributed by atoms with van der Waals surface area (Å²) in [5.41, 5.74) is 3.47. The lowest BCUT2D eigenvalue weighted by molar-refractivity contribution is -0.149. The van der Waals surface area contributed by atoms with Gasteiger partial charge in [-0.3, -0.25) is 0 Å². The first-order valence-electron chi connectivity index (χ1n) is 12.3. The van der Waals surface area contributed by atoms with Gasteiger partial charge in [0.1, 0.15) is 0 Å². The van der Waals surface area contributed by atoms with Gasteiger partial charge in [-0.15, -0.1) is 0 Å². The molecule has 2 N–H and O–H groups in total. The molecule has 0 saturated heterocycles. The Hall–Kier alpha value is -2.24. The number of benzene rings is 2. The number of carbonyl (C=O) groups is 1. The third kappa shape index (κ3) is 8.24. The van der Waals surface area contributed by atoms with E-state index in [2.05, 4.69) is 41.7 Å². The van der Waals surface area contributed by atoms with Crippen LogP contribution in [0.4, 0.5) is 0 Å². The molecule has 2 atom stereocenters. The smallest absolute Gasteiger partial charge is 0.333 e. The summed E-state index contributed by atoms with van der Waals surface area (Å²) in [4.78, 5) is 12.3. The summed E-state index contributed by atoms with van der Waals surface area (Å²) in [5, 5.41) is 12.9. The van der Waals surface area contributed by atoms with Crippen LogP contribution in [0.1, 0.15) is 68.1 Å². The highest BCUT2D eigenvalue weighted by Gasteiger charge is 2.20. The van der Waals surface area contributed by atoms with Crippen LogP contribution in [0.5, 0.6) is 0 Å². The third-order valence-corrected chi connectivity index (χ3v) is 7.05. The Bertz CT molecular complexity index is 862. The van der Waals surface area contributed by atoms with Crippen LogP contribution in [0.25, 0.3) is 0 Å². The van der Waals surface area contributed by atoms with E-state index < -0.39 is 12.1 Å². The molecule has 2 aromatic rings. The van der Waals surface area contributed by atoms with E-state index in [1.807, 2.05) is 25.1 Å². The van der Waals surface area contributed by atoms with Crippen molar-refractivity contribution in [2.24, 2.45) is 5.92 Å². The van der Waals surface area contributed by atoms with Crippen molar-refractivity contribution < 1.29 is 14.6 Å². The van der Waals surface area contributed by atoms with E-state index in [1.54, 1.807) is 0 Å². The Morgan fingerprint density at radius 3 is 2.36 bits per heavy atom. The monoisotopic (exact) mass is 467 g/mol. The molecule has 0 aliphatic heterocycles. The summed E-state index contributed by atoms with van der Waals surface area (Å²) >= 11 is 5.88. The minimum absolute atomic E-state index is 0.193. The summed E-state index contributed by atoms with van der Waals surface area (Å²) in [6.07, 6.45) is 8.11. The lowest BCUT2D eigenvalue weighted by Crippen LogP contribution is -2.33. The molecule has 1 saturated carbocycles. The highest BCUT2D eigenvalue weighted by molar-refractivity contribution is 7.80. The predicted octanol–water partition coefficient (Wildman–Crippen LogP) is 5.93. The van der Waals surface area contributed by atoms with Gasteiger partial charge in [0.05, 0.1) is 4.99 Å². The van der Waals surface area contributed by atoms with Crippen molar-refractivity contribution in [3.05, 3.63) is 71.3 Å². The predicted molar refractivity (Wildman–Crippen MR) is 138 cm³/mol. The molecule has 33 heavy (non-hydrogen) atoms. The average molecular weight is 468 g/mol. The second-order valence-corrected chi connectivity index (χ2v) is 9.49. The highest BCUT2D eigenvalue weighted by Crippen LogP contribution is 2.26. The maximum absolute atomic E-state index is 11.3. The molecule has 1 fully saturated rings. The zero-order valence-electron chi connectivity index (χ0n) is 19.7. The van der Waals surface area contributed by atoms with Gasteiger partial charge in [0.25, 0.3) is 0 Å². The van der Waals surface area contributed by atoms with Gasteiger partial charge < -0.3 is 15.2 Å². The van der Waals surface area contributed by atoms with Crippen molar-refractivity contribution >= 4 is 23.2 Å². The molecule has 2 aromatic carbocycles. The molecule has 4 nitrogen and oxygen atoms in total. The lowest BCUT2D eigenvalue weighted by Gasteiger charge is -2.25. The van der Waals surface area contributed by atoms with E-state index in [9.17, 15) is 9.90 Å². The lowest BCUT2D eigenvalue weighted by atomic mass is 9.88. The largest absolute Gasteiger partial charge is 0.479 e. The van der Waals surface area contributed by atoms with E-state index >= 15 is 0 Å². The zero-order chi connectivity index (χ0) is 23.5. The number of ether oxygens (including phenoxy) is 1. The fourth-order valence-corrected chi connectivity index (χ4v) is 5.02. The minimum Gasteiger partial charge on any atom is -0.479 e. The third-order valence-electron chi connectivity index (χ3n) is 6.62. The molecule has 0 radical (unpaired) electrons. The van der Waals surface area contributed by atoms with Gasteiger partial charge in [-0.25, -0.2) is 4.79 Å². The van der Waals surface area contributed by atoms with Crippen LogP contribution in [0.15, 0.2) is 54.6 Å². The topological polar surface area (TPSA) is 58.6 Å². The molecule has 0 amide bonds. The summed E-state index contributed by atoms with van der Waals surface area (Å²) < 4.78 is 5.34. The van der Waals surface area contributed by atoms with Gasteiger partial charge in [-0.05, 0) is 55.2 Å². The van der Waals surface area contributed by atoms with Crippen molar-refractivity contribution in [1.29, 1.82) is 0 Å². The first-order valence-corrected chi connectivity index (χ1v) is 12.7. The van der Waals surface area contributed by atoms with Crippen LogP contribution in [-0.4, -0.2) is 35.3 Å². The average Bonchev–Trinajstić information content (AvgIpc) is 2.85. The number of hydrogen-bond acceptors (Lipinski definition) is 3. The number of aryl methyl sites for hydroxylation is 1. The Morgan fingerprint density at radius 2 is 1.73 bits per heavy atom. The molecule has 0 bridgehead atoms. The Kier molecular flexibility index (Phi) is 10.4. The summed E-state index contributed by atoms with van der Waals surface area (Å²) in [5.74, 6) is 0.0201. The summed E-state index contributed by atoms with van der Waals surface area (Å²) in [7, 11) is 0. The standard InChI is InChI=1S/C28H37NO3S/c1-2-32-26(28(30)31)19-22-15-13-21(14-16-22)17-18-25(24-11-7-4-8-12-24)27(33)29-20-23-9-5-3-6-10-23/h4,7-8,11-16,23,25-26H,2-3,5-6,9-10,17-20H2,1H3,(H,29,33)(H,30,31)/t25?,26-/m1/s1. The van der Waals surface area contributed by atoms with Crippen LogP contribution in [0.3, 0.4) is 0 Å². The number of hydrogen-bond donors (Lipinski definition) is 2. The van der Waals surface area contributed by atoms with E-state index in [0.717, 1.165) is 35.9 Å². The molecule has 0 aromatic heterocycles. The normalized spacial score (nSPS) is 16.2. The van der Waals surface area contributed by atoms with Gasteiger partial charge in [0.2, 0.25) is 0 Å². The van der Waals surface area contributed by atoms with Crippen molar-refractivity contribution in [2.75, 3.05) is 13.2 Å². The maximum atomic E-state index is 11.3. The molecule has 5 heteroatoms. The molecule has 3 rings (SSSR count). The quantitative estimate of drug-likeness (QED) is 0.379. The van der Waals surface area contributed by atoms with Gasteiger partial charge in [-0.1, -0.05) is 86.1 Å². The van der Waals surface area contributed by atoms with Gasteiger partial charge in [0, 0.05) is 25.5 Å². The molecule has 0 spiro atoms. The number of thiocarbonyl (C=S) groups is 1. The second kappa shape index (κ2) is 13.5. The molecular weight excluding hydrogens is 430 g/mol. The number of rotatable bonds is 12. The first kappa shape index (κ1) is 25.4. The van der Waals surface area contributed by atoms with Crippen LogP contribution in [0, 0.1) is 5.92 Å². The SMILES string of the molecule is CCO[C@H](Cc1ccc(CCC(C(=S)NCC2CCCCC2)c2ccccc2)cc1)C(=O)O. The number of carboxylic acids is 1.